The third kappa shape index (κ3) is 3.00. The molecule has 6 heteroatoms. The minimum atomic E-state index is 0.0666. The van der Waals surface area contributed by atoms with Gasteiger partial charge in [0.25, 0.3) is 0 Å². The Bertz CT molecular complexity index is 566. The van der Waals surface area contributed by atoms with Crippen LogP contribution < -0.4 is 0 Å². The van der Waals surface area contributed by atoms with Gasteiger partial charge in [-0.15, -0.1) is 0 Å². The van der Waals surface area contributed by atoms with Gasteiger partial charge >= 0.3 is 0 Å². The number of carbonyl (C=O) groups excluding carboxylic acids is 2. The largest absolute Gasteiger partial charge is 0.340 e. The van der Waals surface area contributed by atoms with Crippen molar-refractivity contribution in [2.24, 2.45) is 5.92 Å². The maximum absolute atomic E-state index is 12.4. The number of likely N-dealkylation sites (tertiary alicyclic amines) is 1. The number of rotatable bonds is 4. The second-order valence-corrected chi connectivity index (χ2v) is 6.74. The molecule has 1 aromatic rings. The van der Waals surface area contributed by atoms with E-state index in [1.165, 1.54) is 0 Å². The number of hydrogen-bond donors (Lipinski definition) is 0. The number of aromatic nitrogens is 2. The smallest absolute Gasteiger partial charge is 0.223 e. The van der Waals surface area contributed by atoms with Crippen molar-refractivity contribution in [3.63, 3.8) is 0 Å². The zero-order valence-electron chi connectivity index (χ0n) is 13.4. The van der Waals surface area contributed by atoms with Gasteiger partial charge < -0.3 is 9.80 Å². The van der Waals surface area contributed by atoms with E-state index in [-0.39, 0.29) is 17.9 Å². The van der Waals surface area contributed by atoms with Gasteiger partial charge in [-0.3, -0.25) is 14.3 Å². The molecule has 0 radical (unpaired) electrons. The first-order chi connectivity index (χ1) is 10.5. The van der Waals surface area contributed by atoms with Crippen LogP contribution in [0.1, 0.15) is 44.8 Å². The summed E-state index contributed by atoms with van der Waals surface area (Å²) in [6.07, 6.45) is 3.94. The Kier molecular flexibility index (Phi) is 4.18. The van der Waals surface area contributed by atoms with Crippen LogP contribution in [0.4, 0.5) is 0 Å². The maximum Gasteiger partial charge on any atom is 0.223 e. The van der Waals surface area contributed by atoms with Crippen LogP contribution >= 0.6 is 0 Å². The van der Waals surface area contributed by atoms with E-state index in [1.54, 1.807) is 6.20 Å². The van der Waals surface area contributed by atoms with Crippen LogP contribution in [0.5, 0.6) is 0 Å². The fourth-order valence-electron chi connectivity index (χ4n) is 3.34. The highest BCUT2D eigenvalue weighted by molar-refractivity contribution is 5.78. The number of fused-ring (bicyclic) bond motifs is 1. The van der Waals surface area contributed by atoms with E-state index >= 15 is 0 Å². The molecule has 1 saturated heterocycles. The van der Waals surface area contributed by atoms with Crippen LogP contribution in [0.3, 0.4) is 0 Å². The summed E-state index contributed by atoms with van der Waals surface area (Å²) in [6.45, 7) is 6.86. The standard InChI is InChI=1S/C16H24N4O2/c1-12(2)8-16(22)19-9-13-5-6-17-20(13)14(11-19)10-18-7-3-4-15(18)21/h5-6,12,14H,3-4,7-11H2,1-2H3/t14-/m0/s1. The lowest BCUT2D eigenvalue weighted by molar-refractivity contribution is -0.134. The first-order valence-electron chi connectivity index (χ1n) is 8.12. The molecule has 120 valence electrons. The first kappa shape index (κ1) is 15.1. The highest BCUT2D eigenvalue weighted by atomic mass is 16.2. The molecule has 0 unspecified atom stereocenters. The van der Waals surface area contributed by atoms with E-state index < -0.39 is 0 Å². The predicted octanol–water partition coefficient (Wildman–Crippen LogP) is 1.43. The molecular weight excluding hydrogens is 280 g/mol. The Balaban J connectivity index is 1.74. The van der Waals surface area contributed by atoms with Crippen molar-refractivity contribution in [2.75, 3.05) is 19.6 Å². The van der Waals surface area contributed by atoms with Crippen LogP contribution in [0.2, 0.25) is 0 Å². The quantitative estimate of drug-likeness (QED) is 0.845. The van der Waals surface area contributed by atoms with Crippen molar-refractivity contribution >= 4 is 11.8 Å². The van der Waals surface area contributed by atoms with Crippen molar-refractivity contribution in [2.45, 2.75) is 45.7 Å². The molecule has 0 spiro atoms. The molecule has 1 atom stereocenters. The van der Waals surface area contributed by atoms with Crippen molar-refractivity contribution in [3.05, 3.63) is 18.0 Å². The van der Waals surface area contributed by atoms with E-state index in [4.69, 9.17) is 0 Å². The predicted molar refractivity (Wildman–Crippen MR) is 82.0 cm³/mol. The van der Waals surface area contributed by atoms with Gasteiger partial charge in [0.2, 0.25) is 11.8 Å². The van der Waals surface area contributed by atoms with Crippen LogP contribution in [0.15, 0.2) is 12.3 Å². The highest BCUT2D eigenvalue weighted by Gasteiger charge is 2.32. The van der Waals surface area contributed by atoms with Crippen molar-refractivity contribution in [1.82, 2.24) is 19.6 Å². The molecule has 6 nitrogen and oxygen atoms in total. The average molecular weight is 304 g/mol. The summed E-state index contributed by atoms with van der Waals surface area (Å²) in [4.78, 5) is 28.1. The van der Waals surface area contributed by atoms with Crippen molar-refractivity contribution in [1.29, 1.82) is 0 Å². The van der Waals surface area contributed by atoms with E-state index in [0.717, 1.165) is 18.7 Å². The number of hydrogen-bond acceptors (Lipinski definition) is 3. The third-order valence-electron chi connectivity index (χ3n) is 4.42. The minimum Gasteiger partial charge on any atom is -0.340 e. The van der Waals surface area contributed by atoms with Crippen molar-refractivity contribution < 1.29 is 9.59 Å². The van der Waals surface area contributed by atoms with Gasteiger partial charge in [0, 0.05) is 38.7 Å². The molecule has 2 amide bonds. The SMILES string of the molecule is CC(C)CC(=O)N1Cc2ccnn2[C@@H](CN2CCCC2=O)C1. The number of nitrogens with zero attached hydrogens (tertiary/aromatic N) is 4. The highest BCUT2D eigenvalue weighted by Crippen LogP contribution is 2.24. The second-order valence-electron chi connectivity index (χ2n) is 6.74. The molecule has 0 saturated carbocycles. The van der Waals surface area contributed by atoms with Gasteiger partial charge in [-0.25, -0.2) is 0 Å². The van der Waals surface area contributed by atoms with Gasteiger partial charge in [0.15, 0.2) is 0 Å². The van der Waals surface area contributed by atoms with Crippen LogP contribution in [0.25, 0.3) is 0 Å². The molecule has 0 aromatic carbocycles. The molecule has 22 heavy (non-hydrogen) atoms. The normalized spacial score (nSPS) is 21.6. The molecule has 1 fully saturated rings. The van der Waals surface area contributed by atoms with E-state index in [0.29, 0.717) is 38.4 Å². The summed E-state index contributed by atoms with van der Waals surface area (Å²) in [5, 5.41) is 4.40. The van der Waals surface area contributed by atoms with E-state index in [9.17, 15) is 9.59 Å². The Morgan fingerprint density at radius 1 is 1.45 bits per heavy atom. The lowest BCUT2D eigenvalue weighted by atomic mass is 10.1. The topological polar surface area (TPSA) is 58.4 Å². The van der Waals surface area contributed by atoms with Gasteiger partial charge in [0.1, 0.15) is 0 Å². The van der Waals surface area contributed by atoms with E-state index in [1.807, 2.05) is 20.5 Å². The van der Waals surface area contributed by atoms with Crippen LogP contribution in [0, 0.1) is 5.92 Å². The number of amides is 2. The summed E-state index contributed by atoms with van der Waals surface area (Å²) >= 11 is 0. The first-order valence-corrected chi connectivity index (χ1v) is 8.12. The Morgan fingerprint density at radius 3 is 2.95 bits per heavy atom. The average Bonchev–Trinajstić information content (AvgIpc) is 3.07. The van der Waals surface area contributed by atoms with E-state index in [2.05, 4.69) is 18.9 Å². The van der Waals surface area contributed by atoms with Gasteiger partial charge in [-0.05, 0) is 18.4 Å². The summed E-state index contributed by atoms with van der Waals surface area (Å²) in [5.74, 6) is 0.775. The molecule has 3 heterocycles. The Hall–Kier alpha value is -1.85. The monoisotopic (exact) mass is 304 g/mol. The fourth-order valence-corrected chi connectivity index (χ4v) is 3.34. The maximum atomic E-state index is 12.4. The molecule has 3 rings (SSSR count). The summed E-state index contributed by atoms with van der Waals surface area (Å²) in [6, 6.07) is 2.03. The molecule has 0 N–H and O–H groups in total. The molecule has 2 aliphatic rings. The van der Waals surface area contributed by atoms with Gasteiger partial charge in [0.05, 0.1) is 18.3 Å². The second kappa shape index (κ2) is 6.10. The summed E-state index contributed by atoms with van der Waals surface area (Å²) in [7, 11) is 0. The molecule has 0 aliphatic carbocycles. The number of carbonyl (C=O) groups is 2. The fraction of sp³-hybridized carbons (Fsp3) is 0.688. The lowest BCUT2D eigenvalue weighted by Gasteiger charge is -2.36. The third-order valence-corrected chi connectivity index (χ3v) is 4.42. The molecule has 1 aromatic heterocycles. The lowest BCUT2D eigenvalue weighted by Crippen LogP contribution is -2.45. The van der Waals surface area contributed by atoms with Gasteiger partial charge in [-0.2, -0.15) is 5.10 Å². The van der Waals surface area contributed by atoms with Crippen molar-refractivity contribution in [3.8, 4) is 0 Å². The molecule has 2 aliphatic heterocycles. The molecular formula is C16H24N4O2. The Morgan fingerprint density at radius 2 is 2.27 bits per heavy atom. The van der Waals surface area contributed by atoms with Gasteiger partial charge in [-0.1, -0.05) is 13.8 Å². The summed E-state index contributed by atoms with van der Waals surface area (Å²) < 4.78 is 1.99. The van der Waals surface area contributed by atoms with Crippen LogP contribution in [-0.2, 0) is 16.1 Å². The zero-order chi connectivity index (χ0) is 15.7. The van der Waals surface area contributed by atoms with Crippen LogP contribution in [-0.4, -0.2) is 51.0 Å². The Labute approximate surface area is 131 Å². The molecule has 0 bridgehead atoms. The zero-order valence-corrected chi connectivity index (χ0v) is 13.4. The minimum absolute atomic E-state index is 0.0666. The summed E-state index contributed by atoms with van der Waals surface area (Å²) in [5.41, 5.74) is 1.06.